The predicted octanol–water partition coefficient (Wildman–Crippen LogP) is 2.85. The summed E-state index contributed by atoms with van der Waals surface area (Å²) in [5, 5.41) is 3.02. The number of urea groups is 1. The molecule has 0 radical (unpaired) electrons. The van der Waals surface area contributed by atoms with Crippen molar-refractivity contribution >= 4 is 11.9 Å². The molecule has 5 heteroatoms. The van der Waals surface area contributed by atoms with Crippen molar-refractivity contribution < 1.29 is 9.59 Å². The van der Waals surface area contributed by atoms with Gasteiger partial charge in [-0.05, 0) is 38.5 Å². The van der Waals surface area contributed by atoms with E-state index in [4.69, 9.17) is 0 Å². The van der Waals surface area contributed by atoms with Crippen molar-refractivity contribution in [1.29, 1.82) is 0 Å². The normalized spacial score (nSPS) is 24.6. The Hall–Kier alpha value is -1.10. The molecule has 1 spiro atoms. The smallest absolute Gasteiger partial charge is 0.323 e. The van der Waals surface area contributed by atoms with E-state index in [0.29, 0.717) is 18.8 Å². The molecule has 2 saturated carbocycles. The predicted molar refractivity (Wildman–Crippen MR) is 85.3 cm³/mol. The van der Waals surface area contributed by atoms with Crippen molar-refractivity contribution in [2.75, 3.05) is 6.67 Å². The zero-order valence-corrected chi connectivity index (χ0v) is 13.9. The summed E-state index contributed by atoms with van der Waals surface area (Å²) < 4.78 is 0. The van der Waals surface area contributed by atoms with Crippen LogP contribution in [0, 0.1) is 0 Å². The fourth-order valence-electron chi connectivity index (χ4n) is 4.16. The summed E-state index contributed by atoms with van der Waals surface area (Å²) in [7, 11) is 0. The van der Waals surface area contributed by atoms with E-state index >= 15 is 0 Å². The van der Waals surface area contributed by atoms with Gasteiger partial charge in [-0.15, -0.1) is 0 Å². The number of nitrogens with one attached hydrogen (secondary N) is 1. The number of imide groups is 1. The number of rotatable bonds is 6. The third kappa shape index (κ3) is 2.75. The van der Waals surface area contributed by atoms with Crippen molar-refractivity contribution in [1.82, 2.24) is 15.1 Å². The molecule has 1 N–H and O–H groups in total. The second-order valence-corrected chi connectivity index (χ2v) is 7.16. The molecular formula is C17H29N3O2. The second kappa shape index (κ2) is 6.19. The minimum atomic E-state index is -0.585. The van der Waals surface area contributed by atoms with Crippen LogP contribution in [-0.2, 0) is 4.79 Å². The number of carbonyl (C=O) groups is 2. The van der Waals surface area contributed by atoms with Crippen LogP contribution in [0.2, 0.25) is 0 Å². The Bertz CT molecular complexity index is 437. The third-order valence-corrected chi connectivity index (χ3v) is 5.69. The average Bonchev–Trinajstić information content (AvgIpc) is 3.33. The van der Waals surface area contributed by atoms with E-state index in [2.05, 4.69) is 24.1 Å². The zero-order chi connectivity index (χ0) is 15.7. The van der Waals surface area contributed by atoms with Crippen LogP contribution in [0.25, 0.3) is 0 Å². The molecule has 0 aromatic carbocycles. The summed E-state index contributed by atoms with van der Waals surface area (Å²) in [6.45, 7) is 4.86. The maximum atomic E-state index is 12.9. The minimum Gasteiger partial charge on any atom is -0.323 e. The van der Waals surface area contributed by atoms with Gasteiger partial charge in [0.25, 0.3) is 5.91 Å². The van der Waals surface area contributed by atoms with Crippen LogP contribution in [0.4, 0.5) is 4.79 Å². The van der Waals surface area contributed by atoms with Gasteiger partial charge in [-0.2, -0.15) is 0 Å². The molecule has 2 aliphatic carbocycles. The molecule has 0 aromatic heterocycles. The molecule has 1 heterocycles. The summed E-state index contributed by atoms with van der Waals surface area (Å²) in [6, 6.07) is 0.855. The molecule has 0 bridgehead atoms. The molecule has 22 heavy (non-hydrogen) atoms. The Morgan fingerprint density at radius 1 is 1.18 bits per heavy atom. The van der Waals surface area contributed by atoms with Crippen LogP contribution in [0.15, 0.2) is 0 Å². The molecule has 0 atom stereocenters. The number of amides is 3. The SMILES string of the molecule is CCC(CC)N(CN1C(=O)NC2(CCCCC2)C1=O)C1CC1. The molecule has 3 rings (SSSR count). The molecule has 0 aromatic rings. The van der Waals surface area contributed by atoms with Crippen LogP contribution in [0.1, 0.15) is 71.6 Å². The Morgan fingerprint density at radius 3 is 2.36 bits per heavy atom. The molecular weight excluding hydrogens is 278 g/mol. The van der Waals surface area contributed by atoms with Gasteiger partial charge in [0.15, 0.2) is 0 Å². The summed E-state index contributed by atoms with van der Waals surface area (Å²) in [5.41, 5.74) is -0.585. The number of nitrogens with zero attached hydrogens (tertiary/aromatic N) is 2. The first kappa shape index (κ1) is 15.8. The van der Waals surface area contributed by atoms with Gasteiger partial charge in [0.1, 0.15) is 5.54 Å². The lowest BCUT2D eigenvalue weighted by Crippen LogP contribution is -2.50. The average molecular weight is 307 g/mol. The van der Waals surface area contributed by atoms with Gasteiger partial charge in [0, 0.05) is 12.1 Å². The molecule has 124 valence electrons. The van der Waals surface area contributed by atoms with Crippen LogP contribution in [0.3, 0.4) is 0 Å². The first-order valence-corrected chi connectivity index (χ1v) is 9.01. The van der Waals surface area contributed by atoms with E-state index in [0.717, 1.165) is 38.5 Å². The van der Waals surface area contributed by atoms with Gasteiger partial charge >= 0.3 is 6.03 Å². The third-order valence-electron chi connectivity index (χ3n) is 5.69. The van der Waals surface area contributed by atoms with E-state index in [-0.39, 0.29) is 11.9 Å². The van der Waals surface area contributed by atoms with Crippen LogP contribution in [0.5, 0.6) is 0 Å². The van der Waals surface area contributed by atoms with Gasteiger partial charge in [-0.25, -0.2) is 9.69 Å². The highest BCUT2D eigenvalue weighted by molar-refractivity contribution is 6.07. The van der Waals surface area contributed by atoms with Crippen molar-refractivity contribution in [3.63, 3.8) is 0 Å². The van der Waals surface area contributed by atoms with E-state index in [1.165, 1.54) is 24.2 Å². The second-order valence-electron chi connectivity index (χ2n) is 7.16. The van der Waals surface area contributed by atoms with Gasteiger partial charge in [-0.3, -0.25) is 9.69 Å². The lowest BCUT2D eigenvalue weighted by molar-refractivity contribution is -0.134. The van der Waals surface area contributed by atoms with E-state index in [9.17, 15) is 9.59 Å². The maximum absolute atomic E-state index is 12.9. The maximum Gasteiger partial charge on any atom is 0.326 e. The standard InChI is InChI=1S/C17H29N3O2/c1-3-13(4-2)19(14-8-9-14)12-20-15(21)17(18-16(20)22)10-6-5-7-11-17/h13-14H,3-12H2,1-2H3,(H,18,22). The molecule has 3 amide bonds. The van der Waals surface area contributed by atoms with Gasteiger partial charge in [0.2, 0.25) is 0 Å². The van der Waals surface area contributed by atoms with Gasteiger partial charge in [0.05, 0.1) is 6.67 Å². The van der Waals surface area contributed by atoms with E-state index < -0.39 is 5.54 Å². The number of hydrogen-bond acceptors (Lipinski definition) is 3. The van der Waals surface area contributed by atoms with Crippen molar-refractivity contribution in [3.05, 3.63) is 0 Å². The van der Waals surface area contributed by atoms with E-state index in [1.807, 2.05) is 0 Å². The zero-order valence-electron chi connectivity index (χ0n) is 13.9. The molecule has 3 aliphatic rings. The van der Waals surface area contributed by atoms with E-state index in [1.54, 1.807) is 0 Å². The first-order chi connectivity index (χ1) is 10.6. The lowest BCUT2D eigenvalue weighted by Gasteiger charge is -2.34. The summed E-state index contributed by atoms with van der Waals surface area (Å²) in [5.74, 6) is 0.0220. The first-order valence-electron chi connectivity index (χ1n) is 9.01. The Morgan fingerprint density at radius 2 is 1.82 bits per heavy atom. The Labute approximate surface area is 133 Å². The number of hydrogen-bond donors (Lipinski definition) is 1. The number of carbonyl (C=O) groups excluding carboxylic acids is 2. The van der Waals surface area contributed by atoms with Crippen molar-refractivity contribution in [2.24, 2.45) is 0 Å². The van der Waals surface area contributed by atoms with Crippen molar-refractivity contribution in [3.8, 4) is 0 Å². The van der Waals surface area contributed by atoms with Crippen LogP contribution in [-0.4, -0.2) is 46.0 Å². The largest absolute Gasteiger partial charge is 0.326 e. The molecule has 0 unspecified atom stereocenters. The topological polar surface area (TPSA) is 52.6 Å². The highest BCUT2D eigenvalue weighted by Gasteiger charge is 2.52. The van der Waals surface area contributed by atoms with Gasteiger partial charge < -0.3 is 5.32 Å². The quantitative estimate of drug-likeness (QED) is 0.768. The highest BCUT2D eigenvalue weighted by atomic mass is 16.2. The molecule has 1 saturated heterocycles. The van der Waals surface area contributed by atoms with Crippen molar-refractivity contribution in [2.45, 2.75) is 89.3 Å². The molecule has 3 fully saturated rings. The monoisotopic (exact) mass is 307 g/mol. The molecule has 5 nitrogen and oxygen atoms in total. The Balaban J connectivity index is 1.73. The van der Waals surface area contributed by atoms with Crippen LogP contribution < -0.4 is 5.32 Å². The van der Waals surface area contributed by atoms with Crippen LogP contribution >= 0.6 is 0 Å². The lowest BCUT2D eigenvalue weighted by atomic mass is 9.82. The Kier molecular flexibility index (Phi) is 4.44. The summed E-state index contributed by atoms with van der Waals surface area (Å²) in [6.07, 6.45) is 9.41. The van der Waals surface area contributed by atoms with Gasteiger partial charge in [-0.1, -0.05) is 33.1 Å². The highest BCUT2D eigenvalue weighted by Crippen LogP contribution is 2.35. The minimum absolute atomic E-state index is 0.0220. The fourth-order valence-corrected chi connectivity index (χ4v) is 4.16. The fraction of sp³-hybridized carbons (Fsp3) is 0.882. The molecule has 1 aliphatic heterocycles. The summed E-state index contributed by atoms with van der Waals surface area (Å²) in [4.78, 5) is 29.2. The summed E-state index contributed by atoms with van der Waals surface area (Å²) >= 11 is 0.